The van der Waals surface area contributed by atoms with Crippen molar-refractivity contribution in [1.29, 1.82) is 5.26 Å². The number of fused-ring (bicyclic) bond motifs is 1. The van der Waals surface area contributed by atoms with Crippen LogP contribution in [-0.4, -0.2) is 62.2 Å². The minimum atomic E-state index is -0.347. The van der Waals surface area contributed by atoms with E-state index in [-0.39, 0.29) is 12.1 Å². The third kappa shape index (κ3) is 7.03. The van der Waals surface area contributed by atoms with Gasteiger partial charge in [0.15, 0.2) is 6.29 Å². The third-order valence-electron chi connectivity index (χ3n) is 5.86. The van der Waals surface area contributed by atoms with Crippen molar-refractivity contribution in [2.45, 2.75) is 52.2 Å². The zero-order chi connectivity index (χ0) is 26.1. The predicted octanol–water partition coefficient (Wildman–Crippen LogP) is 3.87. The van der Waals surface area contributed by atoms with Crippen LogP contribution in [0.5, 0.6) is 0 Å². The molecule has 2 amide bonds. The van der Waals surface area contributed by atoms with Crippen LogP contribution in [0.3, 0.4) is 0 Å². The molecule has 1 fully saturated rings. The maximum Gasteiger partial charge on any atom is 0.327 e. The van der Waals surface area contributed by atoms with Crippen molar-refractivity contribution in [2.24, 2.45) is 0 Å². The number of hydrogen-bond donors (Lipinski definition) is 1. The highest BCUT2D eigenvalue weighted by atomic mass is 16.5. The Balaban J connectivity index is 1.85. The van der Waals surface area contributed by atoms with Gasteiger partial charge in [0.25, 0.3) is 0 Å². The maximum atomic E-state index is 13.3. The van der Waals surface area contributed by atoms with Gasteiger partial charge in [0.1, 0.15) is 29.4 Å². The second kappa shape index (κ2) is 13.0. The van der Waals surface area contributed by atoms with Crippen LogP contribution in [0.25, 0.3) is 0 Å². The Kier molecular flexibility index (Phi) is 9.79. The molecule has 0 aliphatic carbocycles. The van der Waals surface area contributed by atoms with Crippen molar-refractivity contribution in [3.05, 3.63) is 58.1 Å². The molecule has 36 heavy (non-hydrogen) atoms. The van der Waals surface area contributed by atoms with Crippen LogP contribution in [0, 0.1) is 11.3 Å². The van der Waals surface area contributed by atoms with Gasteiger partial charge in [-0.3, -0.25) is 9.69 Å². The summed E-state index contributed by atoms with van der Waals surface area (Å²) in [4.78, 5) is 33.1. The molecule has 9 heteroatoms. The number of urea groups is 1. The molecule has 1 unspecified atom stereocenters. The number of anilines is 1. The first-order chi connectivity index (χ1) is 17.4. The Morgan fingerprint density at radius 2 is 2.25 bits per heavy atom. The number of carbonyl (C=O) groups is 2. The summed E-state index contributed by atoms with van der Waals surface area (Å²) in [5.74, 6) is 0.902. The molecule has 0 saturated carbocycles. The van der Waals surface area contributed by atoms with Crippen molar-refractivity contribution in [2.75, 3.05) is 38.8 Å². The van der Waals surface area contributed by atoms with Gasteiger partial charge in [0, 0.05) is 31.3 Å². The quantitative estimate of drug-likeness (QED) is 0.241. The number of nitriles is 1. The zero-order valence-corrected chi connectivity index (χ0v) is 21.5. The molecule has 2 aliphatic rings. The van der Waals surface area contributed by atoms with E-state index in [2.05, 4.69) is 16.4 Å². The van der Waals surface area contributed by atoms with E-state index in [1.165, 1.54) is 0 Å². The Morgan fingerprint density at radius 1 is 1.44 bits per heavy atom. The summed E-state index contributed by atoms with van der Waals surface area (Å²) in [6, 6.07) is 3.82. The zero-order valence-electron chi connectivity index (χ0n) is 21.5. The van der Waals surface area contributed by atoms with Gasteiger partial charge >= 0.3 is 6.03 Å². The molecule has 1 N–H and O–H groups in total. The second-order valence-electron chi connectivity index (χ2n) is 9.19. The number of aryl methyl sites for hydroxylation is 1. The summed E-state index contributed by atoms with van der Waals surface area (Å²) in [6.45, 7) is 5.90. The standard InChI is InChI=1S/C27H35N5O4/c1-5-6-8-21(15-28)25(36-23-10-12-35-18-23)13-19(2)29-27(34)32-11-7-9-20-14-22(16-31(3)4)24(17-33)30-26(20)32/h6,8,13-14,17,23H,5,7,9-12,16,18H2,1-4H3,(H,29,34)/b8-6+,19-13+,25-21-. The number of amides is 2. The van der Waals surface area contributed by atoms with Gasteiger partial charge in [-0.05, 0) is 63.6 Å². The van der Waals surface area contributed by atoms with E-state index in [0.29, 0.717) is 54.8 Å². The van der Waals surface area contributed by atoms with Gasteiger partial charge < -0.3 is 19.7 Å². The number of nitrogens with zero attached hydrogens (tertiary/aromatic N) is 4. The summed E-state index contributed by atoms with van der Waals surface area (Å²) in [7, 11) is 3.87. The summed E-state index contributed by atoms with van der Waals surface area (Å²) >= 11 is 0. The lowest BCUT2D eigenvalue weighted by Crippen LogP contribution is -2.43. The summed E-state index contributed by atoms with van der Waals surface area (Å²) in [6.07, 6.45) is 8.99. The molecule has 1 saturated heterocycles. The highest BCUT2D eigenvalue weighted by Crippen LogP contribution is 2.28. The van der Waals surface area contributed by atoms with Gasteiger partial charge in [-0.1, -0.05) is 13.0 Å². The lowest BCUT2D eigenvalue weighted by Gasteiger charge is -2.29. The number of allylic oxidation sites excluding steroid dienone is 5. The molecule has 0 aromatic carbocycles. The van der Waals surface area contributed by atoms with E-state index in [4.69, 9.17) is 9.47 Å². The van der Waals surface area contributed by atoms with E-state index in [9.17, 15) is 14.9 Å². The molecule has 9 nitrogen and oxygen atoms in total. The van der Waals surface area contributed by atoms with Crippen LogP contribution >= 0.6 is 0 Å². The number of rotatable bonds is 9. The minimum Gasteiger partial charge on any atom is -0.486 e. The van der Waals surface area contributed by atoms with E-state index in [1.54, 1.807) is 24.0 Å². The van der Waals surface area contributed by atoms with Crippen LogP contribution in [0.15, 0.2) is 41.3 Å². The normalized spacial score (nSPS) is 18.6. The van der Waals surface area contributed by atoms with Gasteiger partial charge in [-0.15, -0.1) is 0 Å². The van der Waals surface area contributed by atoms with Crippen molar-refractivity contribution in [3.63, 3.8) is 0 Å². The number of ether oxygens (including phenoxy) is 2. The second-order valence-corrected chi connectivity index (χ2v) is 9.19. The number of carbonyl (C=O) groups excluding carboxylic acids is 2. The van der Waals surface area contributed by atoms with E-state index >= 15 is 0 Å². The highest BCUT2D eigenvalue weighted by Gasteiger charge is 2.26. The third-order valence-corrected chi connectivity index (χ3v) is 5.86. The highest BCUT2D eigenvalue weighted by molar-refractivity contribution is 5.93. The average Bonchev–Trinajstić information content (AvgIpc) is 3.36. The maximum absolute atomic E-state index is 13.3. The number of hydrogen-bond acceptors (Lipinski definition) is 7. The summed E-state index contributed by atoms with van der Waals surface area (Å²) in [5, 5.41) is 12.6. The SMILES string of the molecule is CC/C=C/C(C#N)=C(\C=C(/C)NC(=O)N1CCCc2cc(CN(C)C)c(C=O)nc21)OC1CCOC1. The molecule has 0 spiro atoms. The van der Waals surface area contributed by atoms with E-state index in [1.807, 2.05) is 38.1 Å². The molecular formula is C27H35N5O4. The molecular weight excluding hydrogens is 458 g/mol. The van der Waals surface area contributed by atoms with E-state index < -0.39 is 0 Å². The van der Waals surface area contributed by atoms with Crippen LogP contribution in [0.4, 0.5) is 10.6 Å². The average molecular weight is 494 g/mol. The Labute approximate surface area is 213 Å². The first-order valence-corrected chi connectivity index (χ1v) is 12.3. The molecule has 0 radical (unpaired) electrons. The van der Waals surface area contributed by atoms with Crippen LogP contribution in [0.1, 0.15) is 54.7 Å². The molecule has 1 aromatic heterocycles. The van der Waals surface area contributed by atoms with Crippen LogP contribution in [-0.2, 0) is 22.4 Å². The van der Waals surface area contributed by atoms with Crippen molar-refractivity contribution >= 4 is 18.1 Å². The lowest BCUT2D eigenvalue weighted by atomic mass is 10.0. The predicted molar refractivity (Wildman–Crippen MR) is 137 cm³/mol. The van der Waals surface area contributed by atoms with Crippen molar-refractivity contribution < 1.29 is 19.1 Å². The van der Waals surface area contributed by atoms with Crippen molar-refractivity contribution in [3.8, 4) is 6.07 Å². The monoisotopic (exact) mass is 493 g/mol. The van der Waals surface area contributed by atoms with Crippen molar-refractivity contribution in [1.82, 2.24) is 15.2 Å². The molecule has 1 atom stereocenters. The number of aromatic nitrogens is 1. The van der Waals surface area contributed by atoms with Gasteiger partial charge in [0.2, 0.25) is 0 Å². The fraction of sp³-hybridized carbons (Fsp3) is 0.481. The summed E-state index contributed by atoms with van der Waals surface area (Å²) in [5.41, 5.74) is 3.04. The molecule has 3 heterocycles. The summed E-state index contributed by atoms with van der Waals surface area (Å²) < 4.78 is 11.5. The molecule has 192 valence electrons. The molecule has 0 bridgehead atoms. The minimum absolute atomic E-state index is 0.144. The van der Waals surface area contributed by atoms with Gasteiger partial charge in [-0.2, -0.15) is 5.26 Å². The lowest BCUT2D eigenvalue weighted by molar-refractivity contribution is 0.0972. The fourth-order valence-electron chi connectivity index (χ4n) is 4.16. The number of nitrogens with one attached hydrogen (secondary N) is 1. The fourth-order valence-corrected chi connectivity index (χ4v) is 4.16. The Hall–Kier alpha value is -3.48. The topological polar surface area (TPSA) is 108 Å². The largest absolute Gasteiger partial charge is 0.486 e. The molecule has 1 aromatic rings. The molecule has 2 aliphatic heterocycles. The van der Waals surface area contributed by atoms with Gasteiger partial charge in [-0.25, -0.2) is 9.78 Å². The van der Waals surface area contributed by atoms with Crippen LogP contribution in [0.2, 0.25) is 0 Å². The number of aldehydes is 1. The Morgan fingerprint density at radius 3 is 2.89 bits per heavy atom. The van der Waals surface area contributed by atoms with Crippen LogP contribution < -0.4 is 10.2 Å². The molecule has 3 rings (SSSR count). The van der Waals surface area contributed by atoms with E-state index in [0.717, 1.165) is 43.1 Å². The Bertz CT molecular complexity index is 1090. The number of pyridine rings is 1. The first kappa shape index (κ1) is 27.1. The first-order valence-electron chi connectivity index (χ1n) is 12.3. The van der Waals surface area contributed by atoms with Gasteiger partial charge in [0.05, 0.1) is 18.8 Å². The smallest absolute Gasteiger partial charge is 0.327 e.